The molecule has 0 saturated carbocycles. The zero-order valence-electron chi connectivity index (χ0n) is 28.2. The molecule has 0 aromatic heterocycles. The van der Waals surface area contributed by atoms with E-state index >= 15 is 0 Å². The monoisotopic (exact) mass is 632 g/mol. The number of Topliss-reactive ketones (excluding diaryl/α,β-unsaturated/α-hetero) is 2. The third-order valence-electron chi connectivity index (χ3n) is 9.39. The average molecular weight is 633 g/mol. The Morgan fingerprint density at radius 3 is 2.04 bits per heavy atom. The highest BCUT2D eigenvalue weighted by Gasteiger charge is 2.49. The van der Waals surface area contributed by atoms with Gasteiger partial charge in [0.2, 0.25) is 0 Å². The molecule has 0 saturated heterocycles. The fraction of sp³-hybridized carbons (Fsp3) is 0.375. The van der Waals surface area contributed by atoms with Gasteiger partial charge in [-0.15, -0.1) is 0 Å². The summed E-state index contributed by atoms with van der Waals surface area (Å²) < 4.78 is 11.7. The van der Waals surface area contributed by atoms with E-state index in [9.17, 15) is 14.4 Å². The Hall–Kier alpha value is -4.65. The van der Waals surface area contributed by atoms with Gasteiger partial charge in [0.15, 0.2) is 29.7 Å². The van der Waals surface area contributed by atoms with Crippen molar-refractivity contribution < 1.29 is 23.9 Å². The van der Waals surface area contributed by atoms with E-state index in [4.69, 9.17) is 9.47 Å². The van der Waals surface area contributed by atoms with E-state index in [-0.39, 0.29) is 34.9 Å². The third kappa shape index (κ3) is 6.76. The van der Waals surface area contributed by atoms with Gasteiger partial charge in [0.25, 0.3) is 5.91 Å². The van der Waals surface area contributed by atoms with E-state index in [0.717, 1.165) is 40.9 Å². The lowest BCUT2D eigenvalue weighted by atomic mass is 9.63. The van der Waals surface area contributed by atoms with E-state index < -0.39 is 5.92 Å². The number of carbonyl (C=O) groups is 3. The molecule has 7 heteroatoms. The quantitative estimate of drug-likeness (QED) is 0.272. The van der Waals surface area contributed by atoms with Gasteiger partial charge in [0.05, 0.1) is 7.11 Å². The van der Waals surface area contributed by atoms with Gasteiger partial charge in [0.1, 0.15) is 0 Å². The first-order chi connectivity index (χ1) is 22.3. The highest BCUT2D eigenvalue weighted by Crippen LogP contribution is 2.55. The maximum atomic E-state index is 14.2. The lowest BCUT2D eigenvalue weighted by molar-refractivity contribution is -0.120. The molecule has 0 atom stereocenters. The number of rotatable bonds is 8. The van der Waals surface area contributed by atoms with Gasteiger partial charge >= 0.3 is 0 Å². The van der Waals surface area contributed by atoms with Crippen LogP contribution in [-0.2, 0) is 20.9 Å². The van der Waals surface area contributed by atoms with Gasteiger partial charge in [-0.3, -0.25) is 14.4 Å². The number of ether oxygens (including phenoxy) is 2. The van der Waals surface area contributed by atoms with E-state index in [1.165, 1.54) is 0 Å². The van der Waals surface area contributed by atoms with Crippen LogP contribution in [0.1, 0.15) is 76.0 Å². The molecular weight excluding hydrogens is 588 g/mol. The van der Waals surface area contributed by atoms with E-state index in [1.807, 2.05) is 61.5 Å². The van der Waals surface area contributed by atoms with Crippen LogP contribution in [0.15, 0.2) is 95.3 Å². The average Bonchev–Trinajstić information content (AvgIpc) is 3.00. The first-order valence-electron chi connectivity index (χ1n) is 16.4. The lowest BCUT2D eigenvalue weighted by Gasteiger charge is -2.49. The third-order valence-corrected chi connectivity index (χ3v) is 9.39. The Morgan fingerprint density at radius 2 is 1.45 bits per heavy atom. The summed E-state index contributed by atoms with van der Waals surface area (Å²) in [6.45, 7) is 10.9. The van der Waals surface area contributed by atoms with Crippen LogP contribution in [-0.4, -0.2) is 36.1 Å². The molecule has 3 aliphatic rings. The van der Waals surface area contributed by atoms with E-state index in [2.05, 4.69) is 50.0 Å². The molecule has 3 aromatic carbocycles. The van der Waals surface area contributed by atoms with Crippen LogP contribution in [0.4, 0.5) is 5.69 Å². The summed E-state index contributed by atoms with van der Waals surface area (Å²) in [5.41, 5.74) is 6.70. The Bertz CT molecular complexity index is 1750. The zero-order valence-corrected chi connectivity index (χ0v) is 28.2. The fourth-order valence-corrected chi connectivity index (χ4v) is 7.38. The van der Waals surface area contributed by atoms with Crippen LogP contribution >= 0.6 is 0 Å². The highest BCUT2D eigenvalue weighted by molar-refractivity contribution is 6.07. The molecule has 1 amide bonds. The minimum absolute atomic E-state index is 0.0793. The van der Waals surface area contributed by atoms with Crippen molar-refractivity contribution in [2.45, 2.75) is 72.8 Å². The molecule has 3 aromatic rings. The number of allylic oxidation sites excluding steroid dienone is 4. The van der Waals surface area contributed by atoms with Crippen molar-refractivity contribution in [2.24, 2.45) is 10.8 Å². The maximum absolute atomic E-state index is 14.2. The van der Waals surface area contributed by atoms with Gasteiger partial charge in [-0.1, -0.05) is 76.2 Å². The van der Waals surface area contributed by atoms with Crippen molar-refractivity contribution >= 4 is 23.2 Å². The standard InChI is InChI=1S/C40H44N2O5/c1-25-11-10-14-28(17-25)41-35(45)24-47-33-16-15-27(18-34(33)46-6)36-37-29(19-39(2,3)21-31(37)43)42(23-26-12-8-7-9-13-26)30-20-40(4,5)22-32(44)38(30)36/h7-18,36H,19-24H2,1-6H3,(H,41,45). The number of anilines is 1. The number of hydrogen-bond donors (Lipinski definition) is 1. The van der Waals surface area contributed by atoms with Crippen LogP contribution in [0.3, 0.4) is 0 Å². The smallest absolute Gasteiger partial charge is 0.262 e. The molecule has 0 spiro atoms. The molecular formula is C40H44N2O5. The van der Waals surface area contributed by atoms with Gasteiger partial charge < -0.3 is 19.7 Å². The Morgan fingerprint density at radius 1 is 0.809 bits per heavy atom. The highest BCUT2D eigenvalue weighted by atomic mass is 16.5. The predicted molar refractivity (Wildman–Crippen MR) is 183 cm³/mol. The molecule has 1 N–H and O–H groups in total. The first kappa shape index (κ1) is 32.3. The molecule has 0 radical (unpaired) electrons. The normalized spacial score (nSPS) is 18.9. The number of amides is 1. The van der Waals surface area contributed by atoms with E-state index in [0.29, 0.717) is 47.7 Å². The van der Waals surface area contributed by atoms with Crippen molar-refractivity contribution in [3.05, 3.63) is 112 Å². The first-order valence-corrected chi connectivity index (χ1v) is 16.4. The van der Waals surface area contributed by atoms with Crippen LogP contribution in [0, 0.1) is 17.8 Å². The second-order valence-electron chi connectivity index (χ2n) is 14.7. The molecule has 1 heterocycles. The predicted octanol–water partition coefficient (Wildman–Crippen LogP) is 7.91. The van der Waals surface area contributed by atoms with Crippen molar-refractivity contribution in [2.75, 3.05) is 19.0 Å². The second kappa shape index (κ2) is 12.5. The number of hydrogen-bond acceptors (Lipinski definition) is 6. The fourth-order valence-electron chi connectivity index (χ4n) is 7.38. The largest absolute Gasteiger partial charge is 0.493 e. The molecule has 1 aliphatic heterocycles. The molecule has 7 nitrogen and oxygen atoms in total. The summed E-state index contributed by atoms with van der Waals surface area (Å²) in [4.78, 5) is 43.4. The van der Waals surface area contributed by atoms with Gasteiger partial charge in [-0.05, 0) is 71.6 Å². The topological polar surface area (TPSA) is 84.9 Å². The minimum atomic E-state index is -0.508. The Labute approximate surface area is 277 Å². The number of carbonyl (C=O) groups excluding carboxylic acids is 3. The van der Waals surface area contributed by atoms with Crippen molar-refractivity contribution in [1.29, 1.82) is 0 Å². The van der Waals surface area contributed by atoms with Crippen molar-refractivity contribution in [3.63, 3.8) is 0 Å². The molecule has 2 aliphatic carbocycles. The van der Waals surface area contributed by atoms with Gasteiger partial charge in [-0.2, -0.15) is 0 Å². The van der Waals surface area contributed by atoms with Crippen LogP contribution < -0.4 is 14.8 Å². The second-order valence-corrected chi connectivity index (χ2v) is 14.7. The van der Waals surface area contributed by atoms with Crippen LogP contribution in [0.5, 0.6) is 11.5 Å². The number of methoxy groups -OCH3 is 1. The molecule has 6 rings (SSSR count). The van der Waals surface area contributed by atoms with Crippen LogP contribution in [0.2, 0.25) is 0 Å². The van der Waals surface area contributed by atoms with Crippen molar-refractivity contribution in [3.8, 4) is 11.5 Å². The molecule has 0 bridgehead atoms. The number of nitrogens with zero attached hydrogens (tertiary/aromatic N) is 1. The SMILES string of the molecule is COc1cc(C2C3=C(CC(C)(C)CC3=O)N(Cc3ccccc3)C3=C2C(=O)CC(C)(C)C3)ccc1OCC(=O)Nc1cccc(C)c1. The number of benzene rings is 3. The summed E-state index contributed by atoms with van der Waals surface area (Å²) in [7, 11) is 1.55. The Balaban J connectivity index is 1.40. The van der Waals surface area contributed by atoms with Crippen molar-refractivity contribution in [1.82, 2.24) is 4.90 Å². The summed E-state index contributed by atoms with van der Waals surface area (Å²) in [6, 6.07) is 23.4. The summed E-state index contributed by atoms with van der Waals surface area (Å²) >= 11 is 0. The van der Waals surface area contributed by atoms with Gasteiger partial charge in [0, 0.05) is 53.5 Å². The molecule has 47 heavy (non-hydrogen) atoms. The summed E-state index contributed by atoms with van der Waals surface area (Å²) in [6.07, 6.45) is 2.30. The van der Waals surface area contributed by atoms with Crippen LogP contribution in [0.25, 0.3) is 0 Å². The lowest BCUT2D eigenvalue weighted by Crippen LogP contribution is -2.44. The summed E-state index contributed by atoms with van der Waals surface area (Å²) in [5, 5.41) is 2.86. The number of aryl methyl sites for hydroxylation is 1. The maximum Gasteiger partial charge on any atom is 0.262 e. The van der Waals surface area contributed by atoms with Gasteiger partial charge in [-0.25, -0.2) is 0 Å². The van der Waals surface area contributed by atoms with E-state index in [1.54, 1.807) is 13.2 Å². The number of nitrogens with one attached hydrogen (secondary N) is 1. The zero-order chi connectivity index (χ0) is 33.5. The Kier molecular flexibility index (Phi) is 8.60. The minimum Gasteiger partial charge on any atom is -0.493 e. The number of ketones is 2. The molecule has 244 valence electrons. The molecule has 0 unspecified atom stereocenters. The molecule has 0 fully saturated rings. The summed E-state index contributed by atoms with van der Waals surface area (Å²) in [5.74, 6) is 0.211.